The highest BCUT2D eigenvalue weighted by Crippen LogP contribution is 2.39. The van der Waals surface area contributed by atoms with Crippen molar-refractivity contribution in [3.8, 4) is 0 Å². The van der Waals surface area contributed by atoms with Gasteiger partial charge in [0.15, 0.2) is 0 Å². The van der Waals surface area contributed by atoms with E-state index in [2.05, 4.69) is 10.3 Å². The van der Waals surface area contributed by atoms with E-state index in [1.54, 1.807) is 6.07 Å². The number of alkyl halides is 3. The molecule has 114 valence electrons. The van der Waals surface area contributed by atoms with Crippen LogP contribution in [0.1, 0.15) is 24.5 Å². The zero-order valence-corrected chi connectivity index (χ0v) is 12.2. The van der Waals surface area contributed by atoms with Crippen LogP contribution in [0.4, 0.5) is 13.2 Å². The summed E-state index contributed by atoms with van der Waals surface area (Å²) in [7, 11) is 0. The van der Waals surface area contributed by atoms with Gasteiger partial charge in [0, 0.05) is 11.4 Å². The van der Waals surface area contributed by atoms with Crippen molar-refractivity contribution in [2.75, 3.05) is 6.54 Å². The second-order valence-electron chi connectivity index (χ2n) is 4.41. The molecule has 2 rings (SSSR count). The van der Waals surface area contributed by atoms with Crippen molar-refractivity contribution in [1.29, 1.82) is 0 Å². The Hall–Kier alpha value is -1.47. The van der Waals surface area contributed by atoms with Crippen LogP contribution in [0.5, 0.6) is 0 Å². The molecule has 0 atom stereocenters. The van der Waals surface area contributed by atoms with Gasteiger partial charge in [0.05, 0.1) is 11.8 Å². The second-order valence-corrected chi connectivity index (χ2v) is 5.40. The van der Waals surface area contributed by atoms with E-state index in [9.17, 15) is 13.2 Å². The lowest BCUT2D eigenvalue weighted by molar-refractivity contribution is -0.139. The van der Waals surface area contributed by atoms with E-state index in [1.165, 1.54) is 24.6 Å². The van der Waals surface area contributed by atoms with Gasteiger partial charge in [0.25, 0.3) is 5.22 Å². The highest BCUT2D eigenvalue weighted by Gasteiger charge is 2.34. The first kappa shape index (κ1) is 15.9. The minimum absolute atomic E-state index is 0.0872. The van der Waals surface area contributed by atoms with Gasteiger partial charge in [-0.25, -0.2) is 4.98 Å². The molecule has 1 aromatic heterocycles. The molecule has 3 nitrogen and oxygen atoms in total. The molecule has 0 unspecified atom stereocenters. The summed E-state index contributed by atoms with van der Waals surface area (Å²) in [6.45, 7) is 3.19. The average Bonchev–Trinajstić information content (AvgIpc) is 2.92. The molecule has 0 aliphatic rings. The van der Waals surface area contributed by atoms with Gasteiger partial charge in [0.1, 0.15) is 6.26 Å². The molecule has 2 aromatic rings. The largest absolute Gasteiger partial charge is 0.440 e. The maximum absolute atomic E-state index is 13.2. The summed E-state index contributed by atoms with van der Waals surface area (Å²) in [6.07, 6.45) is -0.739. The molecule has 0 spiro atoms. The monoisotopic (exact) mass is 316 g/mol. The molecule has 1 N–H and O–H groups in total. The van der Waals surface area contributed by atoms with Crippen LogP contribution in [0.25, 0.3) is 0 Å². The van der Waals surface area contributed by atoms with Gasteiger partial charge >= 0.3 is 6.18 Å². The van der Waals surface area contributed by atoms with E-state index in [-0.39, 0.29) is 10.1 Å². The van der Waals surface area contributed by atoms with Gasteiger partial charge < -0.3 is 9.73 Å². The third kappa shape index (κ3) is 4.50. The Morgan fingerprint density at radius 2 is 2.14 bits per heavy atom. The third-order valence-corrected chi connectivity index (χ3v) is 3.66. The average molecular weight is 316 g/mol. The van der Waals surface area contributed by atoms with Crippen molar-refractivity contribution < 1.29 is 17.6 Å². The number of nitrogens with zero attached hydrogens (tertiary/aromatic N) is 1. The molecule has 0 saturated heterocycles. The van der Waals surface area contributed by atoms with Crippen LogP contribution in [0, 0.1) is 0 Å². The first-order valence-corrected chi connectivity index (χ1v) is 7.30. The summed E-state index contributed by atoms with van der Waals surface area (Å²) in [5, 5.41) is 3.28. The Morgan fingerprint density at radius 1 is 1.33 bits per heavy atom. The van der Waals surface area contributed by atoms with Crippen LogP contribution >= 0.6 is 11.8 Å². The molecule has 0 radical (unpaired) electrons. The Balaban J connectivity index is 2.23. The first-order chi connectivity index (χ1) is 10.0. The van der Waals surface area contributed by atoms with E-state index in [1.807, 2.05) is 6.92 Å². The van der Waals surface area contributed by atoms with Gasteiger partial charge in [0.2, 0.25) is 0 Å². The highest BCUT2D eigenvalue weighted by molar-refractivity contribution is 7.99. The van der Waals surface area contributed by atoms with Crippen molar-refractivity contribution in [2.24, 2.45) is 0 Å². The van der Waals surface area contributed by atoms with Crippen molar-refractivity contribution in [2.45, 2.75) is 36.2 Å². The third-order valence-electron chi connectivity index (χ3n) is 2.71. The molecule has 1 heterocycles. The van der Waals surface area contributed by atoms with Gasteiger partial charge in [-0.05, 0) is 42.4 Å². The van der Waals surface area contributed by atoms with E-state index >= 15 is 0 Å². The molecule has 7 heteroatoms. The molecule has 0 saturated carbocycles. The molecule has 1 aromatic carbocycles. The maximum atomic E-state index is 13.2. The van der Waals surface area contributed by atoms with Gasteiger partial charge in [-0.3, -0.25) is 0 Å². The lowest BCUT2D eigenvalue weighted by Crippen LogP contribution is -2.15. The fourth-order valence-electron chi connectivity index (χ4n) is 1.76. The first-order valence-electron chi connectivity index (χ1n) is 6.49. The summed E-state index contributed by atoms with van der Waals surface area (Å²) < 4.78 is 44.5. The van der Waals surface area contributed by atoms with Gasteiger partial charge in [-0.2, -0.15) is 13.2 Å². The fourth-order valence-corrected chi connectivity index (χ4v) is 2.59. The molecule has 0 fully saturated rings. The minimum Gasteiger partial charge on any atom is -0.440 e. The number of nitrogens with one attached hydrogen (secondary N) is 1. The molecule has 0 aliphatic carbocycles. The Morgan fingerprint density at radius 3 is 2.76 bits per heavy atom. The standard InChI is InChI=1S/C14H15F3N2OS/c1-2-5-18-9-10-3-4-12(11(8-10)14(15,16)17)21-13-19-6-7-20-13/h3-4,6-8,18H,2,5,9H2,1H3. The van der Waals surface area contributed by atoms with Crippen LogP contribution in [0.2, 0.25) is 0 Å². The minimum atomic E-state index is -4.41. The Kier molecular flexibility index (Phi) is 5.30. The number of aromatic nitrogens is 1. The topological polar surface area (TPSA) is 38.1 Å². The van der Waals surface area contributed by atoms with E-state index < -0.39 is 11.7 Å². The number of halogens is 3. The summed E-state index contributed by atoms with van der Waals surface area (Å²) in [5.41, 5.74) is -0.0611. The number of hydrogen-bond acceptors (Lipinski definition) is 4. The molecule has 0 amide bonds. The summed E-state index contributed by atoms with van der Waals surface area (Å²) in [5.74, 6) is 0. The van der Waals surface area contributed by atoms with Gasteiger partial charge in [-0.15, -0.1) is 0 Å². The number of oxazole rings is 1. The zero-order chi connectivity index (χ0) is 15.3. The smallest absolute Gasteiger partial charge is 0.417 e. The van der Waals surface area contributed by atoms with Crippen molar-refractivity contribution in [3.05, 3.63) is 41.8 Å². The van der Waals surface area contributed by atoms with E-state index in [0.717, 1.165) is 24.7 Å². The normalized spacial score (nSPS) is 11.8. The predicted molar refractivity (Wildman–Crippen MR) is 74.1 cm³/mol. The Labute approximate surface area is 124 Å². The lowest BCUT2D eigenvalue weighted by atomic mass is 10.1. The van der Waals surface area contributed by atoms with Crippen molar-refractivity contribution in [3.63, 3.8) is 0 Å². The second kappa shape index (κ2) is 7.00. The maximum Gasteiger partial charge on any atom is 0.417 e. The quantitative estimate of drug-likeness (QED) is 0.804. The lowest BCUT2D eigenvalue weighted by Gasteiger charge is -2.13. The predicted octanol–water partition coefficient (Wildman–Crippen LogP) is 4.34. The zero-order valence-electron chi connectivity index (χ0n) is 11.4. The number of benzene rings is 1. The molecular formula is C14H15F3N2OS. The fraction of sp³-hybridized carbons (Fsp3) is 0.357. The SMILES string of the molecule is CCCNCc1ccc(Sc2ncco2)c(C(F)(F)F)c1. The van der Waals surface area contributed by atoms with Crippen LogP contribution in [0.15, 0.2) is 45.2 Å². The molecule has 21 heavy (non-hydrogen) atoms. The summed E-state index contributed by atoms with van der Waals surface area (Å²) >= 11 is 0.867. The summed E-state index contributed by atoms with van der Waals surface area (Å²) in [4.78, 5) is 3.92. The van der Waals surface area contributed by atoms with Crippen LogP contribution in [-0.2, 0) is 12.7 Å². The number of rotatable bonds is 6. The molecule has 0 aliphatic heterocycles. The van der Waals surface area contributed by atoms with E-state index in [4.69, 9.17) is 4.42 Å². The summed E-state index contributed by atoms with van der Waals surface area (Å²) in [6, 6.07) is 4.32. The number of hydrogen-bond donors (Lipinski definition) is 1. The van der Waals surface area contributed by atoms with Crippen molar-refractivity contribution in [1.82, 2.24) is 10.3 Å². The molecular weight excluding hydrogens is 301 g/mol. The molecule has 0 bridgehead atoms. The van der Waals surface area contributed by atoms with Gasteiger partial charge in [-0.1, -0.05) is 13.0 Å². The van der Waals surface area contributed by atoms with Crippen molar-refractivity contribution >= 4 is 11.8 Å². The van der Waals surface area contributed by atoms with Crippen LogP contribution < -0.4 is 5.32 Å². The van der Waals surface area contributed by atoms with Crippen LogP contribution in [-0.4, -0.2) is 11.5 Å². The Bertz CT molecular complexity index is 570. The van der Waals surface area contributed by atoms with E-state index in [0.29, 0.717) is 12.1 Å². The van der Waals surface area contributed by atoms with Crippen LogP contribution in [0.3, 0.4) is 0 Å². The highest BCUT2D eigenvalue weighted by atomic mass is 32.2.